The molecule has 0 aliphatic carbocycles. The summed E-state index contributed by atoms with van der Waals surface area (Å²) in [6.45, 7) is 3.14. The van der Waals surface area contributed by atoms with Gasteiger partial charge in [0.1, 0.15) is 5.75 Å². The number of halogens is 1. The van der Waals surface area contributed by atoms with Crippen LogP contribution in [-0.4, -0.2) is 37.8 Å². The van der Waals surface area contributed by atoms with Crippen molar-refractivity contribution in [1.82, 2.24) is 4.68 Å². The minimum Gasteiger partial charge on any atom is -0.492 e. The van der Waals surface area contributed by atoms with Crippen LogP contribution in [0.2, 0.25) is 5.02 Å². The lowest BCUT2D eigenvalue weighted by molar-refractivity contribution is 0.101. The molecule has 0 unspecified atom stereocenters. The molecular formula is C19H21ClN2O4. The molecule has 0 saturated carbocycles. The van der Waals surface area contributed by atoms with E-state index >= 15 is 0 Å². The summed E-state index contributed by atoms with van der Waals surface area (Å²) >= 11 is 6.39. The standard InChI is InChI=1S/C19H21ClN2O4/c1-12(23)15-11-22-17(9-18(15)24)14-8-16(20)19(26-6-4-5-25-3)7-13(14)10-21(22)2/h7-9,11H,4-6,10H2,1-3H3. The number of aromatic nitrogens is 1. The van der Waals surface area contributed by atoms with Crippen LogP contribution in [0, 0.1) is 0 Å². The molecule has 0 fully saturated rings. The summed E-state index contributed by atoms with van der Waals surface area (Å²) in [5.74, 6) is 0.369. The van der Waals surface area contributed by atoms with Crippen LogP contribution in [0.1, 0.15) is 29.3 Å². The van der Waals surface area contributed by atoms with Crippen molar-refractivity contribution >= 4 is 17.4 Å². The number of carbonyl (C=O) groups is 1. The Balaban J connectivity index is 2.01. The normalized spacial score (nSPS) is 12.5. The Morgan fingerprint density at radius 3 is 2.73 bits per heavy atom. The van der Waals surface area contributed by atoms with Crippen LogP contribution in [0.3, 0.4) is 0 Å². The first kappa shape index (κ1) is 18.5. The van der Waals surface area contributed by atoms with E-state index < -0.39 is 0 Å². The van der Waals surface area contributed by atoms with Crippen LogP contribution >= 0.6 is 11.6 Å². The molecule has 0 saturated heterocycles. The van der Waals surface area contributed by atoms with Crippen molar-refractivity contribution in [3.63, 3.8) is 0 Å². The van der Waals surface area contributed by atoms with Gasteiger partial charge in [-0.3, -0.25) is 14.3 Å². The van der Waals surface area contributed by atoms with Crippen molar-refractivity contribution in [3.8, 4) is 17.0 Å². The highest BCUT2D eigenvalue weighted by molar-refractivity contribution is 6.32. The monoisotopic (exact) mass is 376 g/mol. The highest BCUT2D eigenvalue weighted by atomic mass is 35.5. The van der Waals surface area contributed by atoms with E-state index in [4.69, 9.17) is 21.1 Å². The number of methoxy groups -OCH3 is 1. The molecule has 0 N–H and O–H groups in total. The summed E-state index contributed by atoms with van der Waals surface area (Å²) in [5.41, 5.74) is 2.46. The Bertz CT molecular complexity index is 907. The van der Waals surface area contributed by atoms with Crippen LogP contribution in [0.15, 0.2) is 29.2 Å². The largest absolute Gasteiger partial charge is 0.492 e. The fraction of sp³-hybridized carbons (Fsp3) is 0.368. The number of carbonyl (C=O) groups excluding carboxylic acids is 1. The van der Waals surface area contributed by atoms with Gasteiger partial charge in [-0.15, -0.1) is 0 Å². The molecule has 0 atom stereocenters. The number of nitrogens with zero attached hydrogens (tertiary/aromatic N) is 2. The number of ketones is 1. The smallest absolute Gasteiger partial charge is 0.193 e. The number of pyridine rings is 1. The van der Waals surface area contributed by atoms with E-state index in [0.29, 0.717) is 36.2 Å². The predicted molar refractivity (Wildman–Crippen MR) is 101 cm³/mol. The number of hydrogen-bond acceptors (Lipinski definition) is 5. The Labute approximate surface area is 156 Å². The second-order valence-electron chi connectivity index (χ2n) is 6.29. The average Bonchev–Trinajstić information content (AvgIpc) is 2.59. The van der Waals surface area contributed by atoms with Crippen LogP contribution in [-0.2, 0) is 11.3 Å². The Hall–Kier alpha value is -2.31. The van der Waals surface area contributed by atoms with E-state index in [0.717, 1.165) is 17.5 Å². The van der Waals surface area contributed by atoms with Gasteiger partial charge in [-0.1, -0.05) is 11.6 Å². The molecule has 1 aromatic heterocycles. The summed E-state index contributed by atoms with van der Waals surface area (Å²) in [7, 11) is 3.55. The summed E-state index contributed by atoms with van der Waals surface area (Å²) in [4.78, 5) is 24.0. The number of benzene rings is 1. The summed E-state index contributed by atoms with van der Waals surface area (Å²) < 4.78 is 12.6. The zero-order valence-corrected chi connectivity index (χ0v) is 15.8. The molecule has 1 aliphatic rings. The maximum Gasteiger partial charge on any atom is 0.193 e. The molecule has 6 nitrogen and oxygen atoms in total. The van der Waals surface area contributed by atoms with Gasteiger partial charge in [-0.2, -0.15) is 0 Å². The summed E-state index contributed by atoms with van der Waals surface area (Å²) in [5, 5.41) is 2.42. The molecule has 26 heavy (non-hydrogen) atoms. The lowest BCUT2D eigenvalue weighted by Gasteiger charge is -2.32. The third-order valence-electron chi connectivity index (χ3n) is 4.36. The Kier molecular flexibility index (Phi) is 5.34. The predicted octanol–water partition coefficient (Wildman–Crippen LogP) is 2.87. The number of ether oxygens (including phenoxy) is 2. The number of hydrogen-bond donors (Lipinski definition) is 0. The minimum absolute atomic E-state index is 0.174. The van der Waals surface area contributed by atoms with Gasteiger partial charge in [0, 0.05) is 45.0 Å². The molecule has 1 aliphatic heterocycles. The molecule has 2 heterocycles. The van der Waals surface area contributed by atoms with E-state index in [-0.39, 0.29) is 16.8 Å². The zero-order valence-electron chi connectivity index (χ0n) is 15.0. The van der Waals surface area contributed by atoms with Gasteiger partial charge in [0.05, 0.1) is 29.4 Å². The average molecular weight is 377 g/mol. The second kappa shape index (κ2) is 7.51. The van der Waals surface area contributed by atoms with Crippen LogP contribution in [0.4, 0.5) is 0 Å². The maximum atomic E-state index is 12.3. The molecule has 2 aromatic rings. The van der Waals surface area contributed by atoms with Crippen molar-refractivity contribution in [1.29, 1.82) is 0 Å². The SMILES string of the molecule is COCCCOc1cc2c(cc1Cl)-c1cc(=O)c(C(C)=O)cn1N(C)C2. The number of Topliss-reactive ketones (excluding diaryl/α,β-unsaturated/α-hetero) is 1. The molecule has 7 heteroatoms. The van der Waals surface area contributed by atoms with E-state index in [2.05, 4.69) is 0 Å². The van der Waals surface area contributed by atoms with Crippen molar-refractivity contribution in [2.45, 2.75) is 19.9 Å². The van der Waals surface area contributed by atoms with Crippen LogP contribution in [0.5, 0.6) is 5.75 Å². The van der Waals surface area contributed by atoms with Crippen LogP contribution < -0.4 is 15.2 Å². The van der Waals surface area contributed by atoms with Crippen molar-refractivity contribution in [2.24, 2.45) is 0 Å². The topological polar surface area (TPSA) is 60.8 Å². The van der Waals surface area contributed by atoms with E-state index in [1.807, 2.05) is 28.9 Å². The van der Waals surface area contributed by atoms with Crippen LogP contribution in [0.25, 0.3) is 11.3 Å². The highest BCUT2D eigenvalue weighted by Gasteiger charge is 2.23. The van der Waals surface area contributed by atoms with E-state index in [9.17, 15) is 9.59 Å². The first-order valence-corrected chi connectivity index (χ1v) is 8.73. The zero-order chi connectivity index (χ0) is 18.8. The lowest BCUT2D eigenvalue weighted by atomic mass is 10.00. The van der Waals surface area contributed by atoms with Gasteiger partial charge in [-0.05, 0) is 24.6 Å². The first-order valence-electron chi connectivity index (χ1n) is 8.36. The van der Waals surface area contributed by atoms with Gasteiger partial charge >= 0.3 is 0 Å². The van der Waals surface area contributed by atoms with Gasteiger partial charge in [0.15, 0.2) is 11.2 Å². The second-order valence-corrected chi connectivity index (χ2v) is 6.69. The third-order valence-corrected chi connectivity index (χ3v) is 4.66. The molecule has 0 radical (unpaired) electrons. The van der Waals surface area contributed by atoms with Gasteiger partial charge in [0.25, 0.3) is 0 Å². The van der Waals surface area contributed by atoms with E-state index in [1.165, 1.54) is 13.0 Å². The van der Waals surface area contributed by atoms with Crippen molar-refractivity contribution in [3.05, 3.63) is 50.8 Å². The van der Waals surface area contributed by atoms with Gasteiger partial charge < -0.3 is 14.5 Å². The maximum absolute atomic E-state index is 12.3. The first-order chi connectivity index (χ1) is 12.4. The fourth-order valence-electron chi connectivity index (χ4n) is 3.05. The molecule has 1 aromatic carbocycles. The fourth-order valence-corrected chi connectivity index (χ4v) is 3.27. The summed E-state index contributed by atoms with van der Waals surface area (Å²) in [6, 6.07) is 5.21. The molecule has 0 amide bonds. The molecule has 0 spiro atoms. The molecule has 0 bridgehead atoms. The van der Waals surface area contributed by atoms with Gasteiger partial charge in [-0.25, -0.2) is 0 Å². The third kappa shape index (κ3) is 3.48. The number of fused-ring (bicyclic) bond motifs is 3. The Morgan fingerprint density at radius 1 is 1.27 bits per heavy atom. The lowest BCUT2D eigenvalue weighted by Crippen LogP contribution is -2.36. The van der Waals surface area contributed by atoms with Crippen molar-refractivity contribution in [2.75, 3.05) is 32.4 Å². The molecule has 3 rings (SSSR count). The van der Waals surface area contributed by atoms with Gasteiger partial charge in [0.2, 0.25) is 0 Å². The number of rotatable bonds is 6. The summed E-state index contributed by atoms with van der Waals surface area (Å²) in [6.07, 6.45) is 2.36. The molecule has 138 valence electrons. The quantitative estimate of drug-likeness (QED) is 0.573. The van der Waals surface area contributed by atoms with E-state index in [1.54, 1.807) is 13.3 Å². The minimum atomic E-state index is -0.291. The highest BCUT2D eigenvalue weighted by Crippen LogP contribution is 2.36. The molecular weight excluding hydrogens is 356 g/mol. The Morgan fingerprint density at radius 2 is 2.04 bits per heavy atom. The van der Waals surface area contributed by atoms with Crippen molar-refractivity contribution < 1.29 is 14.3 Å².